The van der Waals surface area contributed by atoms with Crippen molar-refractivity contribution >= 4 is 38.9 Å². The van der Waals surface area contributed by atoms with Crippen molar-refractivity contribution in [1.82, 2.24) is 5.32 Å². The summed E-state index contributed by atoms with van der Waals surface area (Å²) in [6, 6.07) is 13.8. The van der Waals surface area contributed by atoms with Crippen LogP contribution >= 0.6 is 15.9 Å². The molecule has 0 saturated carbocycles. The number of para-hydroxylation sites is 1. The topological polar surface area (TPSA) is 44.4 Å². The lowest BCUT2D eigenvalue weighted by Crippen LogP contribution is -2.23. The van der Waals surface area contributed by atoms with Crippen molar-refractivity contribution in [2.24, 2.45) is 0 Å². The molecule has 0 saturated heterocycles. The molecule has 1 heterocycles. The predicted octanol–water partition coefficient (Wildman–Crippen LogP) is 3.43. The van der Waals surface area contributed by atoms with E-state index in [4.69, 9.17) is 0 Å². The van der Waals surface area contributed by atoms with Crippen molar-refractivity contribution in [2.75, 3.05) is 24.3 Å². The Morgan fingerprint density at radius 2 is 1.95 bits per heavy atom. The number of amides is 1. The van der Waals surface area contributed by atoms with E-state index in [9.17, 15) is 4.79 Å². The number of benzene rings is 2. The molecule has 1 aliphatic heterocycles. The number of anilines is 3. The first kappa shape index (κ1) is 14.1. The van der Waals surface area contributed by atoms with Gasteiger partial charge in [-0.15, -0.1) is 0 Å². The summed E-state index contributed by atoms with van der Waals surface area (Å²) in [5.41, 5.74) is 3.93. The third kappa shape index (κ3) is 2.43. The molecule has 108 valence electrons. The smallest absolute Gasteiger partial charge is 0.246 e. The molecule has 1 unspecified atom stereocenters. The van der Waals surface area contributed by atoms with Gasteiger partial charge in [-0.25, -0.2) is 0 Å². The van der Waals surface area contributed by atoms with Gasteiger partial charge in [-0.2, -0.15) is 0 Å². The molecule has 4 nitrogen and oxygen atoms in total. The van der Waals surface area contributed by atoms with E-state index in [0.717, 1.165) is 27.1 Å². The third-order valence-electron chi connectivity index (χ3n) is 3.74. The number of rotatable bonds is 3. The normalized spacial score (nSPS) is 16.5. The van der Waals surface area contributed by atoms with Gasteiger partial charge in [0, 0.05) is 28.5 Å². The van der Waals surface area contributed by atoms with Crippen LogP contribution in [-0.2, 0) is 4.79 Å². The second-order valence-electron chi connectivity index (χ2n) is 5.00. The number of fused-ring (bicyclic) bond motifs is 1. The SMILES string of the molecule is CNC1C(=O)Nc2cc(N(C)c3ccccc3)c(Br)cc21. The van der Waals surface area contributed by atoms with Crippen LogP contribution in [0, 0.1) is 0 Å². The van der Waals surface area contributed by atoms with Gasteiger partial charge in [0.1, 0.15) is 6.04 Å². The molecule has 21 heavy (non-hydrogen) atoms. The molecule has 0 fully saturated rings. The van der Waals surface area contributed by atoms with Gasteiger partial charge < -0.3 is 15.5 Å². The van der Waals surface area contributed by atoms with Crippen LogP contribution in [0.1, 0.15) is 11.6 Å². The molecule has 3 rings (SSSR count). The largest absolute Gasteiger partial charge is 0.344 e. The van der Waals surface area contributed by atoms with Crippen LogP contribution in [0.15, 0.2) is 46.9 Å². The fraction of sp³-hybridized carbons (Fsp3) is 0.188. The Hall–Kier alpha value is -1.85. The van der Waals surface area contributed by atoms with Crippen molar-refractivity contribution in [2.45, 2.75) is 6.04 Å². The average Bonchev–Trinajstić information content (AvgIpc) is 2.81. The maximum atomic E-state index is 11.9. The van der Waals surface area contributed by atoms with E-state index in [1.54, 1.807) is 7.05 Å². The maximum absolute atomic E-state index is 11.9. The van der Waals surface area contributed by atoms with Gasteiger partial charge in [-0.3, -0.25) is 4.79 Å². The van der Waals surface area contributed by atoms with Gasteiger partial charge in [0.25, 0.3) is 0 Å². The third-order valence-corrected chi connectivity index (χ3v) is 4.38. The minimum absolute atomic E-state index is 0.0149. The van der Waals surface area contributed by atoms with E-state index in [1.807, 2.05) is 37.4 Å². The molecule has 0 spiro atoms. The van der Waals surface area contributed by atoms with E-state index >= 15 is 0 Å². The Kier molecular flexibility index (Phi) is 3.69. The minimum Gasteiger partial charge on any atom is -0.344 e. The molecule has 1 aliphatic rings. The van der Waals surface area contributed by atoms with Crippen molar-refractivity contribution in [3.8, 4) is 0 Å². The van der Waals surface area contributed by atoms with Crippen molar-refractivity contribution in [3.05, 3.63) is 52.5 Å². The van der Waals surface area contributed by atoms with Gasteiger partial charge in [-0.1, -0.05) is 18.2 Å². The molecular weight excluding hydrogens is 330 g/mol. The van der Waals surface area contributed by atoms with Gasteiger partial charge >= 0.3 is 0 Å². The Balaban J connectivity index is 2.03. The Morgan fingerprint density at radius 3 is 2.62 bits per heavy atom. The lowest BCUT2D eigenvalue weighted by atomic mass is 10.1. The molecule has 5 heteroatoms. The highest BCUT2D eigenvalue weighted by Gasteiger charge is 2.30. The fourth-order valence-corrected chi connectivity index (χ4v) is 3.23. The number of nitrogens with one attached hydrogen (secondary N) is 2. The Morgan fingerprint density at radius 1 is 1.24 bits per heavy atom. The number of likely N-dealkylation sites (N-methyl/N-ethyl adjacent to an activating group) is 1. The summed E-state index contributed by atoms with van der Waals surface area (Å²) in [5.74, 6) is -0.0149. The summed E-state index contributed by atoms with van der Waals surface area (Å²) in [4.78, 5) is 14.0. The molecule has 0 aliphatic carbocycles. The van der Waals surface area contributed by atoms with E-state index in [-0.39, 0.29) is 11.9 Å². The number of hydrogen-bond donors (Lipinski definition) is 2. The number of carbonyl (C=O) groups is 1. The minimum atomic E-state index is -0.285. The first-order valence-electron chi connectivity index (χ1n) is 6.72. The summed E-state index contributed by atoms with van der Waals surface area (Å²) >= 11 is 3.62. The lowest BCUT2D eigenvalue weighted by Gasteiger charge is -2.22. The average molecular weight is 346 g/mol. The van der Waals surface area contributed by atoms with Crippen molar-refractivity contribution < 1.29 is 4.79 Å². The monoisotopic (exact) mass is 345 g/mol. The van der Waals surface area contributed by atoms with Crippen LogP contribution in [0.2, 0.25) is 0 Å². The first-order chi connectivity index (χ1) is 10.1. The highest BCUT2D eigenvalue weighted by molar-refractivity contribution is 9.10. The molecule has 1 amide bonds. The van der Waals surface area contributed by atoms with Gasteiger partial charge in [-0.05, 0) is 47.2 Å². The number of nitrogens with zero attached hydrogens (tertiary/aromatic N) is 1. The zero-order valence-corrected chi connectivity index (χ0v) is 13.4. The number of hydrogen-bond acceptors (Lipinski definition) is 3. The highest BCUT2D eigenvalue weighted by atomic mass is 79.9. The van der Waals surface area contributed by atoms with Crippen LogP contribution in [0.25, 0.3) is 0 Å². The zero-order valence-electron chi connectivity index (χ0n) is 11.9. The van der Waals surface area contributed by atoms with Crippen LogP contribution in [0.5, 0.6) is 0 Å². The molecule has 0 aromatic heterocycles. The van der Waals surface area contributed by atoms with E-state index in [2.05, 4.69) is 43.6 Å². The quantitative estimate of drug-likeness (QED) is 0.895. The summed E-state index contributed by atoms with van der Waals surface area (Å²) < 4.78 is 0.962. The summed E-state index contributed by atoms with van der Waals surface area (Å²) in [7, 11) is 3.80. The zero-order chi connectivity index (χ0) is 15.0. The fourth-order valence-electron chi connectivity index (χ4n) is 2.60. The van der Waals surface area contributed by atoms with E-state index in [0.29, 0.717) is 0 Å². The molecular formula is C16H16BrN3O. The second kappa shape index (κ2) is 5.50. The van der Waals surface area contributed by atoms with Crippen LogP contribution in [-0.4, -0.2) is 20.0 Å². The van der Waals surface area contributed by atoms with Crippen molar-refractivity contribution in [3.63, 3.8) is 0 Å². The number of halogens is 1. The van der Waals surface area contributed by atoms with Gasteiger partial charge in [0.05, 0.1) is 5.69 Å². The van der Waals surface area contributed by atoms with Crippen LogP contribution in [0.4, 0.5) is 17.1 Å². The Labute approximate surface area is 132 Å². The number of carbonyl (C=O) groups excluding carboxylic acids is 1. The predicted molar refractivity (Wildman–Crippen MR) is 89.1 cm³/mol. The maximum Gasteiger partial charge on any atom is 0.246 e. The first-order valence-corrected chi connectivity index (χ1v) is 7.51. The molecule has 0 radical (unpaired) electrons. The van der Waals surface area contributed by atoms with Crippen LogP contribution < -0.4 is 15.5 Å². The Bertz CT molecular complexity index is 687. The summed E-state index contributed by atoms with van der Waals surface area (Å²) in [6.45, 7) is 0. The molecule has 2 N–H and O–H groups in total. The van der Waals surface area contributed by atoms with Gasteiger partial charge in [0.2, 0.25) is 5.91 Å². The summed E-state index contributed by atoms with van der Waals surface area (Å²) in [5, 5.41) is 5.95. The lowest BCUT2D eigenvalue weighted by molar-refractivity contribution is -0.117. The molecule has 2 aromatic carbocycles. The molecule has 0 bridgehead atoms. The summed E-state index contributed by atoms with van der Waals surface area (Å²) in [6.07, 6.45) is 0. The van der Waals surface area contributed by atoms with E-state index < -0.39 is 0 Å². The standard InChI is InChI=1S/C16H16BrN3O/c1-18-15-11-8-12(17)14(9-13(11)19-16(15)21)20(2)10-6-4-3-5-7-10/h3-9,15,18H,1-2H3,(H,19,21). The highest BCUT2D eigenvalue weighted by Crippen LogP contribution is 2.40. The van der Waals surface area contributed by atoms with Crippen molar-refractivity contribution in [1.29, 1.82) is 0 Å². The van der Waals surface area contributed by atoms with E-state index in [1.165, 1.54) is 0 Å². The molecule has 1 atom stereocenters. The second-order valence-corrected chi connectivity index (χ2v) is 5.85. The molecule has 2 aromatic rings. The van der Waals surface area contributed by atoms with Crippen LogP contribution in [0.3, 0.4) is 0 Å². The van der Waals surface area contributed by atoms with Gasteiger partial charge in [0.15, 0.2) is 0 Å².